The molecule has 0 radical (unpaired) electrons. The Morgan fingerprint density at radius 2 is 1.78 bits per heavy atom. The lowest BCUT2D eigenvalue weighted by atomic mass is 10.1. The molecule has 0 atom stereocenters. The molecule has 0 aromatic heterocycles. The van der Waals surface area contributed by atoms with Crippen LogP contribution in [0.3, 0.4) is 0 Å². The molecule has 1 heterocycles. The minimum Gasteiger partial charge on any atom is -0.490 e. The van der Waals surface area contributed by atoms with Crippen molar-refractivity contribution in [3.8, 4) is 11.5 Å². The Morgan fingerprint density at radius 1 is 1.08 bits per heavy atom. The molecule has 37 heavy (non-hydrogen) atoms. The molecule has 2 amide bonds. The quantitative estimate of drug-likeness (QED) is 0.240. The Morgan fingerprint density at radius 3 is 2.46 bits per heavy atom. The van der Waals surface area contributed by atoms with Gasteiger partial charge in [-0.15, -0.1) is 0 Å². The molecule has 1 fully saturated rings. The summed E-state index contributed by atoms with van der Waals surface area (Å²) in [6.07, 6.45) is 2.55. The van der Waals surface area contributed by atoms with Crippen LogP contribution in [0.25, 0.3) is 6.08 Å². The number of amidine groups is 1. The van der Waals surface area contributed by atoms with Crippen LogP contribution in [0.15, 0.2) is 82.7 Å². The van der Waals surface area contributed by atoms with Crippen molar-refractivity contribution in [3.63, 3.8) is 0 Å². The third-order valence-electron chi connectivity index (χ3n) is 5.32. The van der Waals surface area contributed by atoms with Crippen molar-refractivity contribution in [1.82, 2.24) is 4.90 Å². The number of amides is 2. The second kappa shape index (κ2) is 12.8. The molecule has 190 valence electrons. The molecule has 9 heteroatoms. The van der Waals surface area contributed by atoms with Crippen molar-refractivity contribution in [2.75, 3.05) is 19.8 Å². The van der Waals surface area contributed by atoms with E-state index in [1.807, 2.05) is 67.6 Å². The van der Waals surface area contributed by atoms with E-state index in [1.54, 1.807) is 11.0 Å². The predicted octanol–water partition coefficient (Wildman–Crippen LogP) is 5.40. The van der Waals surface area contributed by atoms with Gasteiger partial charge in [-0.3, -0.25) is 14.5 Å². The van der Waals surface area contributed by atoms with Gasteiger partial charge in [0.05, 0.1) is 20.8 Å². The topological polar surface area (TPSA) is 94.2 Å². The number of carbonyl (C=O) groups is 2. The minimum absolute atomic E-state index is 0.0994. The average Bonchev–Trinajstić information content (AvgIpc) is 3.17. The second-order valence-corrected chi connectivity index (χ2v) is 10.2. The Hall–Kier alpha value is -3.31. The van der Waals surface area contributed by atoms with Gasteiger partial charge in [0.1, 0.15) is 0 Å². The number of rotatable bonds is 10. The molecule has 1 aliphatic rings. The Labute approximate surface area is 233 Å². The Bertz CT molecular complexity index is 1330. The summed E-state index contributed by atoms with van der Waals surface area (Å²) in [6.45, 7) is 2.54. The maximum Gasteiger partial charge on any atom is 0.266 e. The van der Waals surface area contributed by atoms with Gasteiger partial charge in [-0.25, -0.2) is 4.99 Å². The number of carbonyl (C=O) groups excluding carboxylic acids is 2. The molecule has 3 aromatic rings. The van der Waals surface area contributed by atoms with Crippen LogP contribution in [0.1, 0.15) is 18.1 Å². The lowest BCUT2D eigenvalue weighted by Crippen LogP contribution is -2.31. The van der Waals surface area contributed by atoms with Gasteiger partial charge in [0, 0.05) is 6.54 Å². The van der Waals surface area contributed by atoms with E-state index < -0.39 is 5.91 Å². The van der Waals surface area contributed by atoms with E-state index in [1.165, 1.54) is 11.8 Å². The number of ether oxygens (including phenoxy) is 2. The molecule has 4 rings (SSSR count). The largest absolute Gasteiger partial charge is 0.490 e. The van der Waals surface area contributed by atoms with E-state index in [2.05, 4.69) is 34.7 Å². The van der Waals surface area contributed by atoms with Crippen LogP contribution in [0.4, 0.5) is 5.69 Å². The molecule has 0 saturated carbocycles. The van der Waals surface area contributed by atoms with Gasteiger partial charge in [-0.05, 0) is 89.2 Å². The van der Waals surface area contributed by atoms with Crippen molar-refractivity contribution >= 4 is 63.1 Å². The number of para-hydroxylation sites is 1. The SMILES string of the molecule is CCOc1cc(/C=C2\SC(=Nc3ccccc3)N(CCc3ccccc3)C2=O)cc(I)c1OCC(N)=O. The van der Waals surface area contributed by atoms with Crippen LogP contribution in [0.5, 0.6) is 11.5 Å². The summed E-state index contributed by atoms with van der Waals surface area (Å²) < 4.78 is 12.1. The molecule has 0 spiro atoms. The first-order chi connectivity index (χ1) is 17.9. The van der Waals surface area contributed by atoms with Gasteiger partial charge in [0.25, 0.3) is 11.8 Å². The zero-order chi connectivity index (χ0) is 26.2. The van der Waals surface area contributed by atoms with Crippen molar-refractivity contribution < 1.29 is 19.1 Å². The first kappa shape index (κ1) is 26.7. The molecule has 2 N–H and O–H groups in total. The van der Waals surface area contributed by atoms with Crippen LogP contribution in [0.2, 0.25) is 0 Å². The van der Waals surface area contributed by atoms with Gasteiger partial charge in [-0.2, -0.15) is 0 Å². The molecule has 0 bridgehead atoms. The number of halogens is 1. The summed E-state index contributed by atoms with van der Waals surface area (Å²) in [6, 6.07) is 23.3. The predicted molar refractivity (Wildman–Crippen MR) is 156 cm³/mol. The number of hydrogen-bond acceptors (Lipinski definition) is 6. The summed E-state index contributed by atoms with van der Waals surface area (Å²) in [4.78, 5) is 31.8. The normalized spacial score (nSPS) is 15.4. The molecular weight excluding hydrogens is 601 g/mol. The number of primary amides is 1. The minimum atomic E-state index is -0.571. The van der Waals surface area contributed by atoms with E-state index in [0.717, 1.165) is 20.4 Å². The summed E-state index contributed by atoms with van der Waals surface area (Å²) in [5.74, 6) is 0.262. The fourth-order valence-electron chi connectivity index (χ4n) is 3.66. The van der Waals surface area contributed by atoms with E-state index in [9.17, 15) is 9.59 Å². The lowest BCUT2D eigenvalue weighted by Gasteiger charge is -2.15. The number of hydrogen-bond donors (Lipinski definition) is 1. The van der Waals surface area contributed by atoms with Crippen LogP contribution < -0.4 is 15.2 Å². The van der Waals surface area contributed by atoms with E-state index in [4.69, 9.17) is 20.2 Å². The smallest absolute Gasteiger partial charge is 0.266 e. The highest BCUT2D eigenvalue weighted by Gasteiger charge is 2.33. The maximum absolute atomic E-state index is 13.5. The third kappa shape index (κ3) is 7.14. The summed E-state index contributed by atoms with van der Waals surface area (Å²) in [5.41, 5.74) is 7.95. The van der Waals surface area contributed by atoms with Crippen LogP contribution in [0, 0.1) is 3.57 Å². The van der Waals surface area contributed by atoms with Gasteiger partial charge in [0.15, 0.2) is 23.3 Å². The zero-order valence-electron chi connectivity index (χ0n) is 20.2. The number of aliphatic imine (C=N–C) groups is 1. The highest BCUT2D eigenvalue weighted by molar-refractivity contribution is 14.1. The van der Waals surface area contributed by atoms with Crippen LogP contribution in [-0.4, -0.2) is 41.6 Å². The summed E-state index contributed by atoms with van der Waals surface area (Å²) in [5, 5.41) is 0.638. The highest BCUT2D eigenvalue weighted by atomic mass is 127. The number of nitrogens with zero attached hydrogens (tertiary/aromatic N) is 2. The van der Waals surface area contributed by atoms with E-state index >= 15 is 0 Å². The molecule has 0 aliphatic carbocycles. The van der Waals surface area contributed by atoms with Crippen LogP contribution in [-0.2, 0) is 16.0 Å². The van der Waals surface area contributed by atoms with Crippen molar-refractivity contribution in [2.24, 2.45) is 10.7 Å². The standard InChI is InChI=1S/C28H26IN3O4S/c1-2-35-23-16-20(15-22(29)26(23)36-18-25(30)33)17-24-27(34)32(14-13-19-9-5-3-6-10-19)28(37-24)31-21-11-7-4-8-12-21/h3-12,15-17H,2,13-14,18H2,1H3,(H2,30,33)/b24-17-,31-28?. The second-order valence-electron chi connectivity index (χ2n) is 8.05. The number of benzene rings is 3. The first-order valence-electron chi connectivity index (χ1n) is 11.7. The van der Waals surface area contributed by atoms with Gasteiger partial charge < -0.3 is 15.2 Å². The maximum atomic E-state index is 13.5. The van der Waals surface area contributed by atoms with Gasteiger partial charge in [-0.1, -0.05) is 48.5 Å². The van der Waals surface area contributed by atoms with E-state index in [-0.39, 0.29) is 12.5 Å². The van der Waals surface area contributed by atoms with Crippen molar-refractivity contribution in [3.05, 3.63) is 92.4 Å². The third-order valence-corrected chi connectivity index (χ3v) is 7.13. The monoisotopic (exact) mass is 627 g/mol. The molecule has 7 nitrogen and oxygen atoms in total. The number of thioether (sulfide) groups is 1. The fraction of sp³-hybridized carbons (Fsp3) is 0.179. The average molecular weight is 628 g/mol. The number of nitrogens with two attached hydrogens (primary N) is 1. The van der Waals surface area contributed by atoms with E-state index in [0.29, 0.717) is 41.1 Å². The van der Waals surface area contributed by atoms with Crippen molar-refractivity contribution in [1.29, 1.82) is 0 Å². The fourth-order valence-corrected chi connectivity index (χ4v) is 5.46. The molecular formula is C28H26IN3O4S. The Kier molecular flexibility index (Phi) is 9.24. The van der Waals surface area contributed by atoms with Crippen LogP contribution >= 0.6 is 34.4 Å². The zero-order valence-corrected chi connectivity index (χ0v) is 23.2. The lowest BCUT2D eigenvalue weighted by molar-refractivity contribution is -0.122. The highest BCUT2D eigenvalue weighted by Crippen LogP contribution is 2.38. The summed E-state index contributed by atoms with van der Waals surface area (Å²) >= 11 is 3.47. The van der Waals surface area contributed by atoms with Crippen molar-refractivity contribution in [2.45, 2.75) is 13.3 Å². The molecule has 0 unspecified atom stereocenters. The first-order valence-corrected chi connectivity index (χ1v) is 13.6. The molecule has 1 saturated heterocycles. The van der Waals surface area contributed by atoms with Gasteiger partial charge >= 0.3 is 0 Å². The Balaban J connectivity index is 1.65. The van der Waals surface area contributed by atoms with Gasteiger partial charge in [0.2, 0.25) is 0 Å². The molecule has 3 aromatic carbocycles. The summed E-state index contributed by atoms with van der Waals surface area (Å²) in [7, 11) is 0. The molecule has 1 aliphatic heterocycles.